The third-order valence-electron chi connectivity index (χ3n) is 3.32. The molecule has 1 aromatic carbocycles. The summed E-state index contributed by atoms with van der Waals surface area (Å²) in [5.74, 6) is -1.04. The number of ketones is 1. The first-order chi connectivity index (χ1) is 11.3. The number of hydrogen-bond donors (Lipinski definition) is 1. The van der Waals surface area contributed by atoms with Crippen LogP contribution >= 0.6 is 0 Å². The van der Waals surface area contributed by atoms with E-state index in [0.29, 0.717) is 5.75 Å². The molecule has 6 heteroatoms. The van der Waals surface area contributed by atoms with Crippen LogP contribution in [0, 0.1) is 6.92 Å². The minimum atomic E-state index is -1.09. The van der Waals surface area contributed by atoms with E-state index in [-0.39, 0.29) is 23.0 Å². The van der Waals surface area contributed by atoms with Crippen LogP contribution in [0.5, 0.6) is 5.75 Å². The fraction of sp³-hybridized carbons (Fsp3) is 0.278. The second kappa shape index (κ2) is 7.12. The molecule has 0 aliphatic rings. The topological polar surface area (TPSA) is 81.4 Å². The lowest BCUT2D eigenvalue weighted by Gasteiger charge is -2.13. The Bertz CT molecular complexity index is 803. The Morgan fingerprint density at radius 3 is 2.58 bits per heavy atom. The van der Waals surface area contributed by atoms with Crippen molar-refractivity contribution in [2.75, 3.05) is 0 Å². The zero-order valence-electron chi connectivity index (χ0n) is 14.1. The highest BCUT2D eigenvalue weighted by Gasteiger charge is 2.15. The number of nitrogens with zero attached hydrogens (tertiary/aromatic N) is 2. The van der Waals surface area contributed by atoms with Gasteiger partial charge in [0.2, 0.25) is 0 Å². The maximum Gasteiger partial charge on any atom is 0.335 e. The molecule has 0 aliphatic heterocycles. The van der Waals surface area contributed by atoms with E-state index in [9.17, 15) is 9.59 Å². The van der Waals surface area contributed by atoms with Gasteiger partial charge in [0.15, 0.2) is 5.78 Å². The molecule has 0 saturated carbocycles. The molecule has 0 bridgehead atoms. The van der Waals surface area contributed by atoms with E-state index in [1.165, 1.54) is 24.3 Å². The molecule has 126 valence electrons. The van der Waals surface area contributed by atoms with Crippen LogP contribution in [0.2, 0.25) is 0 Å². The van der Waals surface area contributed by atoms with Crippen LogP contribution in [0.1, 0.15) is 45.8 Å². The van der Waals surface area contributed by atoms with Crippen molar-refractivity contribution in [2.24, 2.45) is 7.05 Å². The second-order valence-electron chi connectivity index (χ2n) is 5.72. The summed E-state index contributed by atoms with van der Waals surface area (Å²) >= 11 is 0. The largest absolute Gasteiger partial charge is 0.490 e. The number of carboxylic acid groups (broad SMARTS) is 1. The Kier molecular flexibility index (Phi) is 5.18. The number of allylic oxidation sites excluding steroid dienone is 1. The summed E-state index contributed by atoms with van der Waals surface area (Å²) in [4.78, 5) is 23.7. The Labute approximate surface area is 140 Å². The standard InChI is InChI=1S/C18H20N2O4/c1-11(2)24-17-8-6-13(18(22)23)9-15(17)16(21)7-5-14-10-20(4)19-12(14)3/h5-11H,1-4H3,(H,22,23). The molecule has 1 N–H and O–H groups in total. The lowest BCUT2D eigenvalue weighted by molar-refractivity contribution is 0.0697. The minimum absolute atomic E-state index is 0.0421. The van der Waals surface area contributed by atoms with Gasteiger partial charge in [-0.05, 0) is 51.1 Å². The van der Waals surface area contributed by atoms with Gasteiger partial charge < -0.3 is 9.84 Å². The second-order valence-corrected chi connectivity index (χ2v) is 5.72. The third kappa shape index (κ3) is 4.10. The van der Waals surface area contributed by atoms with Gasteiger partial charge in [-0.1, -0.05) is 0 Å². The molecule has 0 atom stereocenters. The van der Waals surface area contributed by atoms with Gasteiger partial charge in [-0.15, -0.1) is 0 Å². The number of aromatic carboxylic acids is 1. The average Bonchev–Trinajstić information content (AvgIpc) is 2.82. The molecule has 1 heterocycles. The van der Waals surface area contributed by atoms with E-state index in [4.69, 9.17) is 9.84 Å². The molecule has 2 aromatic rings. The molecular weight excluding hydrogens is 308 g/mol. The number of carbonyl (C=O) groups excluding carboxylic acids is 1. The Hall–Kier alpha value is -2.89. The molecule has 1 aromatic heterocycles. The van der Waals surface area contributed by atoms with Crippen molar-refractivity contribution >= 4 is 17.8 Å². The third-order valence-corrected chi connectivity index (χ3v) is 3.32. The highest BCUT2D eigenvalue weighted by atomic mass is 16.5. The maximum atomic E-state index is 12.5. The van der Waals surface area contributed by atoms with Gasteiger partial charge >= 0.3 is 5.97 Å². The minimum Gasteiger partial charge on any atom is -0.490 e. The van der Waals surface area contributed by atoms with Gasteiger partial charge in [0.25, 0.3) is 0 Å². The van der Waals surface area contributed by atoms with E-state index >= 15 is 0 Å². The quantitative estimate of drug-likeness (QED) is 0.651. The summed E-state index contributed by atoms with van der Waals surface area (Å²) in [5.41, 5.74) is 1.90. The molecule has 0 spiro atoms. The first-order valence-electron chi connectivity index (χ1n) is 7.54. The van der Waals surface area contributed by atoms with Crippen LogP contribution in [0.25, 0.3) is 6.08 Å². The van der Waals surface area contributed by atoms with Crippen molar-refractivity contribution < 1.29 is 19.4 Å². The number of hydrogen-bond acceptors (Lipinski definition) is 4. The molecule has 0 saturated heterocycles. The Balaban J connectivity index is 2.36. The van der Waals surface area contributed by atoms with Crippen molar-refractivity contribution in [3.63, 3.8) is 0 Å². The summed E-state index contributed by atoms with van der Waals surface area (Å²) in [5, 5.41) is 13.3. The van der Waals surface area contributed by atoms with Crippen molar-refractivity contribution in [3.05, 3.63) is 52.9 Å². The number of benzene rings is 1. The van der Waals surface area contributed by atoms with E-state index in [0.717, 1.165) is 11.3 Å². The zero-order valence-corrected chi connectivity index (χ0v) is 14.1. The SMILES string of the molecule is Cc1nn(C)cc1C=CC(=O)c1cc(C(=O)O)ccc1OC(C)C. The van der Waals surface area contributed by atoms with E-state index < -0.39 is 5.97 Å². The lowest BCUT2D eigenvalue weighted by Crippen LogP contribution is -2.10. The predicted molar refractivity (Wildman–Crippen MR) is 90.5 cm³/mol. The van der Waals surface area contributed by atoms with Crippen LogP contribution in [-0.2, 0) is 7.05 Å². The smallest absolute Gasteiger partial charge is 0.335 e. The van der Waals surface area contributed by atoms with Crippen molar-refractivity contribution in [3.8, 4) is 5.75 Å². The number of ether oxygens (including phenoxy) is 1. The van der Waals surface area contributed by atoms with Crippen LogP contribution in [0.4, 0.5) is 0 Å². The number of carbonyl (C=O) groups is 2. The fourth-order valence-electron chi connectivity index (χ4n) is 2.25. The Morgan fingerprint density at radius 2 is 2.04 bits per heavy atom. The van der Waals surface area contributed by atoms with Gasteiger partial charge in [0.1, 0.15) is 5.75 Å². The molecule has 0 aliphatic carbocycles. The predicted octanol–water partition coefficient (Wildman–Crippen LogP) is 3.11. The number of aromatic nitrogens is 2. The monoisotopic (exact) mass is 328 g/mol. The van der Waals surface area contributed by atoms with E-state index in [1.54, 1.807) is 24.0 Å². The van der Waals surface area contributed by atoms with Gasteiger partial charge in [0.05, 0.1) is 22.9 Å². The summed E-state index contributed by atoms with van der Waals surface area (Å²) in [6.07, 6.45) is 4.74. The fourth-order valence-corrected chi connectivity index (χ4v) is 2.25. The van der Waals surface area contributed by atoms with Gasteiger partial charge in [-0.3, -0.25) is 9.48 Å². The molecular formula is C18H20N2O4. The normalized spacial score (nSPS) is 11.2. The lowest BCUT2D eigenvalue weighted by atomic mass is 10.0. The van der Waals surface area contributed by atoms with Gasteiger partial charge in [-0.25, -0.2) is 4.79 Å². The van der Waals surface area contributed by atoms with Gasteiger partial charge in [-0.2, -0.15) is 5.10 Å². The van der Waals surface area contributed by atoms with E-state index in [1.807, 2.05) is 20.8 Å². The molecule has 0 amide bonds. The van der Waals surface area contributed by atoms with Crippen molar-refractivity contribution in [1.82, 2.24) is 9.78 Å². The highest BCUT2D eigenvalue weighted by molar-refractivity contribution is 6.09. The zero-order chi connectivity index (χ0) is 17.9. The number of carboxylic acids is 1. The first kappa shape index (κ1) is 17.5. The first-order valence-corrected chi connectivity index (χ1v) is 7.54. The number of aryl methyl sites for hydroxylation is 2. The van der Waals surface area contributed by atoms with Crippen molar-refractivity contribution in [2.45, 2.75) is 26.9 Å². The average molecular weight is 328 g/mol. The summed E-state index contributed by atoms with van der Waals surface area (Å²) in [7, 11) is 1.80. The van der Waals surface area contributed by atoms with Crippen LogP contribution in [0.15, 0.2) is 30.5 Å². The van der Waals surface area contributed by atoms with Crippen molar-refractivity contribution in [1.29, 1.82) is 0 Å². The highest BCUT2D eigenvalue weighted by Crippen LogP contribution is 2.23. The molecule has 6 nitrogen and oxygen atoms in total. The van der Waals surface area contributed by atoms with Gasteiger partial charge in [0, 0.05) is 18.8 Å². The summed E-state index contributed by atoms with van der Waals surface area (Å²) in [6.45, 7) is 5.53. The molecule has 2 rings (SSSR count). The summed E-state index contributed by atoms with van der Waals surface area (Å²) in [6, 6.07) is 4.27. The summed E-state index contributed by atoms with van der Waals surface area (Å²) < 4.78 is 7.28. The molecule has 0 radical (unpaired) electrons. The molecule has 0 fully saturated rings. The number of rotatable bonds is 6. The Morgan fingerprint density at radius 1 is 1.33 bits per heavy atom. The maximum absolute atomic E-state index is 12.5. The van der Waals surface area contributed by atoms with Crippen LogP contribution < -0.4 is 4.74 Å². The van der Waals surface area contributed by atoms with E-state index in [2.05, 4.69) is 5.10 Å². The van der Waals surface area contributed by atoms with Crippen LogP contribution in [0.3, 0.4) is 0 Å². The molecule has 24 heavy (non-hydrogen) atoms. The van der Waals surface area contributed by atoms with Crippen LogP contribution in [-0.4, -0.2) is 32.7 Å². The molecule has 0 unspecified atom stereocenters.